The highest BCUT2D eigenvalue weighted by molar-refractivity contribution is 5.96. The van der Waals surface area contributed by atoms with Crippen LogP contribution in [0.2, 0.25) is 0 Å². The molecule has 0 amide bonds. The molecule has 3 nitrogen and oxygen atoms in total. The normalized spacial score (nSPS) is 16.2. The fourth-order valence-electron chi connectivity index (χ4n) is 2.88. The van der Waals surface area contributed by atoms with E-state index in [1.807, 2.05) is 30.3 Å². The summed E-state index contributed by atoms with van der Waals surface area (Å²) >= 11 is 0. The van der Waals surface area contributed by atoms with Crippen LogP contribution in [0.15, 0.2) is 42.5 Å². The van der Waals surface area contributed by atoms with Crippen molar-refractivity contribution in [1.82, 2.24) is 0 Å². The van der Waals surface area contributed by atoms with Crippen molar-refractivity contribution in [2.24, 2.45) is 0 Å². The fourth-order valence-corrected chi connectivity index (χ4v) is 2.88. The molecule has 1 heterocycles. The number of fused-ring (bicyclic) bond motifs is 1. The minimum absolute atomic E-state index is 0.0945. The van der Waals surface area contributed by atoms with E-state index in [2.05, 4.69) is 12.1 Å². The number of ketones is 1. The predicted molar refractivity (Wildman–Crippen MR) is 81.4 cm³/mol. The second kappa shape index (κ2) is 5.60. The molecule has 0 unspecified atom stereocenters. The van der Waals surface area contributed by atoms with Crippen LogP contribution in [0.3, 0.4) is 0 Å². The average molecular weight is 282 g/mol. The van der Waals surface area contributed by atoms with Gasteiger partial charge in [0.15, 0.2) is 5.78 Å². The molecule has 2 aromatic rings. The van der Waals surface area contributed by atoms with Crippen molar-refractivity contribution in [3.8, 4) is 11.5 Å². The lowest BCUT2D eigenvalue weighted by atomic mass is 9.89. The highest BCUT2D eigenvalue weighted by Gasteiger charge is 2.28. The van der Waals surface area contributed by atoms with E-state index >= 15 is 0 Å². The van der Waals surface area contributed by atoms with Crippen LogP contribution in [0.4, 0.5) is 0 Å². The lowest BCUT2D eigenvalue weighted by Crippen LogP contribution is -2.08. The van der Waals surface area contributed by atoms with Gasteiger partial charge in [0, 0.05) is 17.0 Å². The molecule has 0 spiro atoms. The first-order valence-electron chi connectivity index (χ1n) is 7.08. The van der Waals surface area contributed by atoms with Gasteiger partial charge >= 0.3 is 0 Å². The molecule has 0 bridgehead atoms. The Kier molecular flexibility index (Phi) is 3.65. The molecule has 0 aromatic heterocycles. The Hall–Kier alpha value is -2.29. The highest BCUT2D eigenvalue weighted by atomic mass is 16.5. The van der Waals surface area contributed by atoms with Gasteiger partial charge < -0.3 is 9.47 Å². The monoisotopic (exact) mass is 282 g/mol. The van der Waals surface area contributed by atoms with E-state index in [9.17, 15) is 4.79 Å². The number of hydrogen-bond donors (Lipinski definition) is 0. The summed E-state index contributed by atoms with van der Waals surface area (Å²) < 4.78 is 10.9. The summed E-state index contributed by atoms with van der Waals surface area (Å²) in [6, 6.07) is 13.8. The van der Waals surface area contributed by atoms with Gasteiger partial charge in [0.2, 0.25) is 0 Å². The number of rotatable bonds is 4. The van der Waals surface area contributed by atoms with Crippen molar-refractivity contribution in [2.45, 2.75) is 19.3 Å². The van der Waals surface area contributed by atoms with Gasteiger partial charge in [0.05, 0.1) is 13.7 Å². The molecule has 1 aliphatic rings. The van der Waals surface area contributed by atoms with Crippen molar-refractivity contribution in [3.05, 3.63) is 59.2 Å². The van der Waals surface area contributed by atoms with E-state index in [1.165, 1.54) is 5.56 Å². The number of benzene rings is 2. The first-order chi connectivity index (χ1) is 10.2. The van der Waals surface area contributed by atoms with Gasteiger partial charge in [0.25, 0.3) is 0 Å². The van der Waals surface area contributed by atoms with Crippen molar-refractivity contribution in [3.63, 3.8) is 0 Å². The second-order valence-electron chi connectivity index (χ2n) is 5.33. The van der Waals surface area contributed by atoms with Crippen LogP contribution >= 0.6 is 0 Å². The van der Waals surface area contributed by atoms with Gasteiger partial charge in [-0.1, -0.05) is 24.3 Å². The van der Waals surface area contributed by atoms with E-state index in [-0.39, 0.29) is 11.7 Å². The van der Waals surface area contributed by atoms with Gasteiger partial charge in [-0.2, -0.15) is 0 Å². The summed E-state index contributed by atoms with van der Waals surface area (Å²) in [5.74, 6) is 2.03. The third kappa shape index (κ3) is 2.64. The topological polar surface area (TPSA) is 35.5 Å². The number of hydrogen-bond acceptors (Lipinski definition) is 3. The Bertz CT molecular complexity index is 659. The van der Waals surface area contributed by atoms with Crippen molar-refractivity contribution in [1.29, 1.82) is 0 Å². The Balaban J connectivity index is 1.88. The largest absolute Gasteiger partial charge is 0.497 e. The first-order valence-corrected chi connectivity index (χ1v) is 7.08. The third-order valence-corrected chi connectivity index (χ3v) is 3.93. The summed E-state index contributed by atoms with van der Waals surface area (Å²) in [5.41, 5.74) is 3.06. The van der Waals surface area contributed by atoms with Crippen LogP contribution in [0.5, 0.6) is 11.5 Å². The van der Waals surface area contributed by atoms with Crippen LogP contribution in [0.25, 0.3) is 0 Å². The lowest BCUT2D eigenvalue weighted by Gasteiger charge is -2.12. The number of ether oxygens (including phenoxy) is 2. The predicted octanol–water partition coefficient (Wildman–Crippen LogP) is 3.62. The van der Waals surface area contributed by atoms with E-state index in [0.717, 1.165) is 29.0 Å². The number of methoxy groups -OCH3 is 1. The highest BCUT2D eigenvalue weighted by Crippen LogP contribution is 2.38. The molecule has 0 fully saturated rings. The summed E-state index contributed by atoms with van der Waals surface area (Å²) in [5, 5.41) is 0. The van der Waals surface area contributed by atoms with Crippen molar-refractivity contribution >= 4 is 5.78 Å². The molecule has 0 N–H and O–H groups in total. The molecule has 108 valence electrons. The smallest absolute Gasteiger partial charge is 0.160 e. The maximum Gasteiger partial charge on any atom is 0.160 e. The molecule has 0 saturated carbocycles. The van der Waals surface area contributed by atoms with E-state index < -0.39 is 0 Å². The molecule has 0 aliphatic carbocycles. The maximum atomic E-state index is 11.8. The minimum atomic E-state index is 0.0945. The van der Waals surface area contributed by atoms with Crippen LogP contribution in [0, 0.1) is 0 Å². The van der Waals surface area contributed by atoms with E-state index in [0.29, 0.717) is 6.61 Å². The first kappa shape index (κ1) is 13.7. The number of Topliss-reactive ketones (excluding diaryl/α,β-unsaturated/α-hetero) is 1. The second-order valence-corrected chi connectivity index (χ2v) is 5.33. The molecule has 3 heteroatoms. The molecular weight excluding hydrogens is 264 g/mol. The standard InChI is InChI=1S/C18H18O3/c1-12(19)16-4-3-5-17-18(16)14(11-21-17)10-13-6-8-15(20-2)9-7-13/h3-9,14H,10-11H2,1-2H3/t14-/m1/s1. The van der Waals surface area contributed by atoms with Crippen LogP contribution in [-0.4, -0.2) is 19.5 Å². The fraction of sp³-hybridized carbons (Fsp3) is 0.278. The van der Waals surface area contributed by atoms with Gasteiger partial charge in [-0.3, -0.25) is 4.79 Å². The van der Waals surface area contributed by atoms with Gasteiger partial charge in [-0.05, 0) is 37.1 Å². The zero-order valence-electron chi connectivity index (χ0n) is 12.3. The molecular formula is C18H18O3. The average Bonchev–Trinajstić information content (AvgIpc) is 2.91. The third-order valence-electron chi connectivity index (χ3n) is 3.93. The van der Waals surface area contributed by atoms with Gasteiger partial charge in [0.1, 0.15) is 11.5 Å². The molecule has 2 aromatic carbocycles. The van der Waals surface area contributed by atoms with E-state index in [4.69, 9.17) is 9.47 Å². The molecule has 3 rings (SSSR count). The maximum absolute atomic E-state index is 11.8. The van der Waals surface area contributed by atoms with Crippen LogP contribution < -0.4 is 9.47 Å². The lowest BCUT2D eigenvalue weighted by molar-refractivity contribution is 0.101. The Morgan fingerprint density at radius 2 is 2.00 bits per heavy atom. The summed E-state index contributed by atoms with van der Waals surface area (Å²) in [7, 11) is 1.66. The molecule has 0 radical (unpaired) electrons. The SMILES string of the molecule is COc1ccc(C[C@@H]2COc3cccc(C(C)=O)c32)cc1. The zero-order valence-corrected chi connectivity index (χ0v) is 12.3. The van der Waals surface area contributed by atoms with Crippen molar-refractivity contribution in [2.75, 3.05) is 13.7 Å². The van der Waals surface area contributed by atoms with Crippen molar-refractivity contribution < 1.29 is 14.3 Å². The number of carbonyl (C=O) groups excluding carboxylic acids is 1. The minimum Gasteiger partial charge on any atom is -0.497 e. The molecule has 0 saturated heterocycles. The van der Waals surface area contributed by atoms with Gasteiger partial charge in [-0.15, -0.1) is 0 Å². The molecule has 1 aliphatic heterocycles. The zero-order chi connectivity index (χ0) is 14.8. The Morgan fingerprint density at radius 1 is 1.24 bits per heavy atom. The van der Waals surface area contributed by atoms with E-state index in [1.54, 1.807) is 14.0 Å². The molecule has 21 heavy (non-hydrogen) atoms. The number of carbonyl (C=O) groups is 1. The Labute approximate surface area is 124 Å². The summed E-state index contributed by atoms with van der Waals surface area (Å²) in [6.45, 7) is 2.24. The Morgan fingerprint density at radius 3 is 2.67 bits per heavy atom. The summed E-state index contributed by atoms with van der Waals surface area (Å²) in [6.07, 6.45) is 0.862. The van der Waals surface area contributed by atoms with Crippen LogP contribution in [-0.2, 0) is 6.42 Å². The molecule has 1 atom stereocenters. The van der Waals surface area contributed by atoms with Gasteiger partial charge in [-0.25, -0.2) is 0 Å². The van der Waals surface area contributed by atoms with Crippen LogP contribution in [0.1, 0.15) is 34.3 Å². The summed E-state index contributed by atoms with van der Waals surface area (Å²) in [4.78, 5) is 11.8. The quantitative estimate of drug-likeness (QED) is 0.803.